The van der Waals surface area contributed by atoms with Crippen LogP contribution in [0.5, 0.6) is 0 Å². The third-order valence-corrected chi connectivity index (χ3v) is 2.16. The fourth-order valence-corrected chi connectivity index (χ4v) is 0.978. The second kappa shape index (κ2) is 6.79. The molecule has 0 rings (SSSR count). The third kappa shape index (κ3) is 6.46. The van der Waals surface area contributed by atoms with Crippen LogP contribution in [0.4, 0.5) is 0 Å². The molecular weight excluding hydrogens is 284 g/mol. The van der Waals surface area contributed by atoms with E-state index in [0.717, 1.165) is 6.42 Å². The van der Waals surface area contributed by atoms with Crippen LogP contribution in [-0.4, -0.2) is 20.9 Å². The predicted octanol–water partition coefficient (Wildman–Crippen LogP) is 3.68. The summed E-state index contributed by atoms with van der Waals surface area (Å²) < 4.78 is -2.11. The van der Waals surface area contributed by atoms with Crippen molar-refractivity contribution in [2.45, 2.75) is 35.9 Å². The summed E-state index contributed by atoms with van der Waals surface area (Å²) in [5.41, 5.74) is 0.543. The van der Waals surface area contributed by atoms with Crippen molar-refractivity contribution in [1.82, 2.24) is 0 Å². The number of hydrogen-bond donors (Lipinski definition) is 0. The maximum absolute atomic E-state index is 11.0. The molecule has 0 aliphatic rings. The molecule has 0 aliphatic heterocycles. The molecule has 1 atom stereocenters. The maximum Gasteiger partial charge on any atom is 0.386 e. The van der Waals surface area contributed by atoms with Crippen LogP contribution in [0, 0.1) is 0 Å². The molecule has 0 heterocycles. The smallest absolute Gasteiger partial charge is 0.313 e. The highest BCUT2D eigenvalue weighted by atomic mass is 35.6. The van der Waals surface area contributed by atoms with Gasteiger partial charge in [-0.05, 0) is 13.3 Å². The number of carbonyl (C=O) groups is 1. The monoisotopic (exact) mass is 293 g/mol. The first-order valence-electron chi connectivity index (χ1n) is 4.28. The molecule has 0 N–H and O–H groups in total. The molecule has 88 valence electrons. The van der Waals surface area contributed by atoms with Gasteiger partial charge in [-0.1, -0.05) is 53.3 Å². The molecule has 0 aromatic rings. The van der Waals surface area contributed by atoms with Gasteiger partial charge in [-0.2, -0.15) is 0 Å². The van der Waals surface area contributed by atoms with E-state index in [-0.39, 0.29) is 5.38 Å². The average molecular weight is 295 g/mol. The lowest BCUT2D eigenvalue weighted by molar-refractivity contribution is -0.142. The van der Waals surface area contributed by atoms with E-state index < -0.39 is 9.76 Å². The summed E-state index contributed by atoms with van der Waals surface area (Å²) in [6, 6.07) is 0. The lowest BCUT2D eigenvalue weighted by Crippen LogP contribution is -2.21. The van der Waals surface area contributed by atoms with Gasteiger partial charge in [-0.15, -0.1) is 11.6 Å². The number of oxime groups is 1. The van der Waals surface area contributed by atoms with Crippen molar-refractivity contribution >= 4 is 58.1 Å². The number of rotatable bonds is 4. The van der Waals surface area contributed by atoms with E-state index in [1.54, 1.807) is 6.92 Å². The molecule has 0 aromatic carbocycles. The molecule has 3 nitrogen and oxygen atoms in total. The van der Waals surface area contributed by atoms with Crippen LogP contribution in [0.25, 0.3) is 0 Å². The molecule has 0 aliphatic carbocycles. The minimum Gasteiger partial charge on any atom is -0.313 e. The first kappa shape index (κ1) is 15.3. The summed E-state index contributed by atoms with van der Waals surface area (Å²) in [4.78, 5) is 15.5. The van der Waals surface area contributed by atoms with Crippen molar-refractivity contribution in [2.24, 2.45) is 5.16 Å². The Hall–Kier alpha value is 0.300. The Bertz CT molecular complexity index is 248. The minimum atomic E-state index is -2.11. The largest absolute Gasteiger partial charge is 0.386 e. The average Bonchev–Trinajstić information content (AvgIpc) is 2.09. The third-order valence-electron chi connectivity index (χ3n) is 1.44. The van der Waals surface area contributed by atoms with Crippen LogP contribution in [0.1, 0.15) is 26.7 Å². The lowest BCUT2D eigenvalue weighted by atomic mass is 10.2. The molecular formula is C8H11Cl4NO2. The van der Waals surface area contributed by atoms with Gasteiger partial charge in [-0.3, -0.25) is 0 Å². The van der Waals surface area contributed by atoms with Gasteiger partial charge >= 0.3 is 5.97 Å². The fraction of sp³-hybridized carbons (Fsp3) is 0.750. The van der Waals surface area contributed by atoms with Gasteiger partial charge in [0.15, 0.2) is 0 Å². The number of nitrogens with zero attached hydrogens (tertiary/aromatic N) is 1. The molecule has 15 heavy (non-hydrogen) atoms. The number of hydrogen-bond acceptors (Lipinski definition) is 3. The molecule has 0 radical (unpaired) electrons. The normalized spacial score (nSPS) is 14.9. The van der Waals surface area contributed by atoms with E-state index in [1.807, 2.05) is 6.92 Å². The quantitative estimate of drug-likeness (QED) is 0.343. The van der Waals surface area contributed by atoms with E-state index in [0.29, 0.717) is 12.1 Å². The standard InChI is InChI=1S/C8H11Cl4NO2/c1-3-4-6(5(2)9)13-15-7(14)8(10,11)12/h5H,3-4H2,1-2H3. The van der Waals surface area contributed by atoms with Crippen LogP contribution in [-0.2, 0) is 9.63 Å². The molecule has 0 spiro atoms. The molecule has 7 heteroatoms. The van der Waals surface area contributed by atoms with Gasteiger partial charge in [0.25, 0.3) is 3.79 Å². The summed E-state index contributed by atoms with van der Waals surface area (Å²) in [7, 11) is 0. The molecule has 1 unspecified atom stereocenters. The van der Waals surface area contributed by atoms with Crippen molar-refractivity contribution in [3.8, 4) is 0 Å². The Balaban J connectivity index is 4.40. The van der Waals surface area contributed by atoms with E-state index in [4.69, 9.17) is 46.4 Å². The zero-order chi connectivity index (χ0) is 12.1. The summed E-state index contributed by atoms with van der Waals surface area (Å²) in [5, 5.41) is 3.24. The number of carbonyl (C=O) groups excluding carboxylic acids is 1. The van der Waals surface area contributed by atoms with E-state index in [9.17, 15) is 4.79 Å². The van der Waals surface area contributed by atoms with Crippen molar-refractivity contribution < 1.29 is 9.63 Å². The van der Waals surface area contributed by atoms with Crippen LogP contribution in [0.15, 0.2) is 5.16 Å². The summed E-state index contributed by atoms with van der Waals surface area (Å²) in [6.45, 7) is 3.67. The van der Waals surface area contributed by atoms with Crippen LogP contribution in [0.2, 0.25) is 0 Å². The highest BCUT2D eigenvalue weighted by Gasteiger charge is 2.33. The zero-order valence-corrected chi connectivity index (χ0v) is 11.3. The fourth-order valence-electron chi connectivity index (χ4n) is 0.725. The second-order valence-corrected chi connectivity index (χ2v) is 5.76. The Morgan fingerprint density at radius 2 is 2.00 bits per heavy atom. The van der Waals surface area contributed by atoms with Crippen molar-refractivity contribution in [3.63, 3.8) is 0 Å². The molecule has 0 fully saturated rings. The topological polar surface area (TPSA) is 38.7 Å². The van der Waals surface area contributed by atoms with Crippen LogP contribution in [0.3, 0.4) is 0 Å². The Morgan fingerprint density at radius 1 is 1.47 bits per heavy atom. The van der Waals surface area contributed by atoms with Crippen molar-refractivity contribution in [3.05, 3.63) is 0 Å². The van der Waals surface area contributed by atoms with E-state index in [1.165, 1.54) is 0 Å². The molecule has 0 saturated heterocycles. The summed E-state index contributed by atoms with van der Waals surface area (Å²) in [6.07, 6.45) is 1.46. The first-order chi connectivity index (χ1) is 6.79. The van der Waals surface area contributed by atoms with Gasteiger partial charge in [0.2, 0.25) is 0 Å². The minimum absolute atomic E-state index is 0.326. The maximum atomic E-state index is 11.0. The molecule has 0 aromatic heterocycles. The van der Waals surface area contributed by atoms with Crippen LogP contribution >= 0.6 is 46.4 Å². The van der Waals surface area contributed by atoms with Gasteiger partial charge < -0.3 is 4.84 Å². The van der Waals surface area contributed by atoms with Crippen LogP contribution < -0.4 is 0 Å². The van der Waals surface area contributed by atoms with Gasteiger partial charge in [0.1, 0.15) is 0 Å². The Morgan fingerprint density at radius 3 is 2.33 bits per heavy atom. The predicted molar refractivity (Wildman–Crippen MR) is 64.0 cm³/mol. The van der Waals surface area contributed by atoms with Gasteiger partial charge in [0.05, 0.1) is 11.1 Å². The van der Waals surface area contributed by atoms with Crippen molar-refractivity contribution in [1.29, 1.82) is 0 Å². The summed E-state index contributed by atoms with van der Waals surface area (Å²) in [5.74, 6) is -1.04. The van der Waals surface area contributed by atoms with Crippen molar-refractivity contribution in [2.75, 3.05) is 0 Å². The first-order valence-corrected chi connectivity index (χ1v) is 5.85. The van der Waals surface area contributed by atoms with Gasteiger partial charge in [0, 0.05) is 0 Å². The van der Waals surface area contributed by atoms with Gasteiger partial charge in [-0.25, -0.2) is 4.79 Å². The highest BCUT2D eigenvalue weighted by molar-refractivity contribution is 6.75. The SMILES string of the molecule is CCCC(=NOC(=O)C(Cl)(Cl)Cl)C(C)Cl. The second-order valence-electron chi connectivity index (χ2n) is 2.83. The summed E-state index contributed by atoms with van der Waals surface area (Å²) >= 11 is 21.6. The Labute approximate surface area is 109 Å². The van der Waals surface area contributed by atoms with E-state index >= 15 is 0 Å². The highest BCUT2D eigenvalue weighted by Crippen LogP contribution is 2.27. The molecule has 0 amide bonds. The lowest BCUT2D eigenvalue weighted by Gasteiger charge is -2.09. The molecule has 0 saturated carbocycles. The Kier molecular flexibility index (Phi) is 6.93. The number of alkyl halides is 4. The van der Waals surface area contributed by atoms with E-state index in [2.05, 4.69) is 9.99 Å². The zero-order valence-electron chi connectivity index (χ0n) is 8.27. The molecule has 0 bridgehead atoms. The number of halogens is 4.